The molecule has 7 heteroatoms. The van der Waals surface area contributed by atoms with Crippen LogP contribution in [0.3, 0.4) is 0 Å². The van der Waals surface area contributed by atoms with E-state index in [1.54, 1.807) is 18.5 Å². The molecule has 5 rings (SSSR count). The van der Waals surface area contributed by atoms with Gasteiger partial charge in [0.25, 0.3) is 5.56 Å². The standard InChI is InChI=1S/C22H16N4O3/c1-26(16-4-7-20-14(12-16)9-11-28-20)15-2-5-17(6-3-15)29-22-24-19-13-23-10-8-18(19)21(27)25-22/h2-13H,1H3,(H,24,25,27). The Morgan fingerprint density at radius 1 is 1.03 bits per heavy atom. The Kier molecular flexibility index (Phi) is 3.98. The van der Waals surface area contributed by atoms with Crippen LogP contribution in [0.15, 0.2) is 82.5 Å². The van der Waals surface area contributed by atoms with E-state index in [9.17, 15) is 4.79 Å². The highest BCUT2D eigenvalue weighted by molar-refractivity contribution is 5.82. The molecule has 0 saturated carbocycles. The minimum Gasteiger partial charge on any atom is -0.464 e. The normalized spacial score (nSPS) is 11.1. The van der Waals surface area contributed by atoms with Gasteiger partial charge >= 0.3 is 6.01 Å². The number of H-pyrrole nitrogens is 1. The van der Waals surface area contributed by atoms with Crippen molar-refractivity contribution in [2.24, 2.45) is 0 Å². The Hall–Kier alpha value is -4.13. The number of benzene rings is 2. The van der Waals surface area contributed by atoms with Gasteiger partial charge in [0.1, 0.15) is 11.3 Å². The van der Waals surface area contributed by atoms with Crippen molar-refractivity contribution in [1.29, 1.82) is 0 Å². The smallest absolute Gasteiger partial charge is 0.302 e. The molecule has 0 saturated heterocycles. The SMILES string of the molecule is CN(c1ccc(Oc2nc3cnccc3c(=O)[nH]2)cc1)c1ccc2occc2c1. The Labute approximate surface area is 165 Å². The van der Waals surface area contributed by atoms with Gasteiger partial charge in [0, 0.05) is 30.0 Å². The Bertz CT molecular complexity index is 1370. The zero-order valence-electron chi connectivity index (χ0n) is 15.5. The number of rotatable bonds is 4. The van der Waals surface area contributed by atoms with Crippen molar-refractivity contribution >= 4 is 33.2 Å². The molecule has 0 aliphatic rings. The number of hydrogen-bond donors (Lipinski definition) is 1. The first-order valence-electron chi connectivity index (χ1n) is 9.00. The molecular formula is C22H16N4O3. The van der Waals surface area contributed by atoms with Gasteiger partial charge in [0.05, 0.1) is 23.4 Å². The molecule has 3 aromatic heterocycles. The van der Waals surface area contributed by atoms with Gasteiger partial charge in [-0.25, -0.2) is 0 Å². The summed E-state index contributed by atoms with van der Waals surface area (Å²) in [5.41, 5.74) is 3.11. The summed E-state index contributed by atoms with van der Waals surface area (Å²) in [5, 5.41) is 1.52. The number of nitrogens with one attached hydrogen (secondary N) is 1. The summed E-state index contributed by atoms with van der Waals surface area (Å²) < 4.78 is 11.1. The molecule has 0 aliphatic carbocycles. The van der Waals surface area contributed by atoms with Crippen molar-refractivity contribution in [3.63, 3.8) is 0 Å². The maximum Gasteiger partial charge on any atom is 0.302 e. The fourth-order valence-corrected chi connectivity index (χ4v) is 3.18. The molecule has 5 aromatic rings. The summed E-state index contributed by atoms with van der Waals surface area (Å²) in [5.74, 6) is 0.568. The second-order valence-corrected chi connectivity index (χ2v) is 6.56. The van der Waals surface area contributed by atoms with E-state index < -0.39 is 0 Å². The van der Waals surface area contributed by atoms with Crippen LogP contribution in [0.25, 0.3) is 21.9 Å². The second-order valence-electron chi connectivity index (χ2n) is 6.56. The van der Waals surface area contributed by atoms with E-state index in [2.05, 4.69) is 25.9 Å². The second kappa shape index (κ2) is 6.79. The lowest BCUT2D eigenvalue weighted by Crippen LogP contribution is -2.10. The van der Waals surface area contributed by atoms with Gasteiger partial charge in [0.2, 0.25) is 0 Å². The first-order chi connectivity index (χ1) is 14.2. The highest BCUT2D eigenvalue weighted by atomic mass is 16.5. The highest BCUT2D eigenvalue weighted by Crippen LogP contribution is 2.29. The lowest BCUT2D eigenvalue weighted by atomic mass is 10.2. The molecule has 3 heterocycles. The maximum atomic E-state index is 12.1. The molecule has 0 atom stereocenters. The van der Waals surface area contributed by atoms with Crippen molar-refractivity contribution in [2.45, 2.75) is 0 Å². The molecule has 0 unspecified atom stereocenters. The van der Waals surface area contributed by atoms with Crippen LogP contribution < -0.4 is 15.2 Å². The van der Waals surface area contributed by atoms with E-state index in [-0.39, 0.29) is 11.6 Å². The lowest BCUT2D eigenvalue weighted by Gasteiger charge is -2.19. The number of hydrogen-bond acceptors (Lipinski definition) is 6. The van der Waals surface area contributed by atoms with Crippen LogP contribution in [-0.4, -0.2) is 22.0 Å². The van der Waals surface area contributed by atoms with Gasteiger partial charge in [-0.3, -0.25) is 14.8 Å². The topological polar surface area (TPSA) is 84.2 Å². The molecule has 142 valence electrons. The third-order valence-corrected chi connectivity index (χ3v) is 4.75. The summed E-state index contributed by atoms with van der Waals surface area (Å²) in [7, 11) is 1.99. The minimum atomic E-state index is -0.265. The maximum absolute atomic E-state index is 12.1. The molecule has 0 fully saturated rings. The summed E-state index contributed by atoms with van der Waals surface area (Å²) in [4.78, 5) is 25.2. The van der Waals surface area contributed by atoms with E-state index in [1.807, 2.05) is 49.5 Å². The summed E-state index contributed by atoms with van der Waals surface area (Å²) in [6, 6.07) is 17.3. The summed E-state index contributed by atoms with van der Waals surface area (Å²) in [6.45, 7) is 0. The zero-order chi connectivity index (χ0) is 19.8. The molecule has 2 aromatic carbocycles. The molecule has 0 amide bonds. The number of pyridine rings is 1. The predicted molar refractivity (Wildman–Crippen MR) is 111 cm³/mol. The van der Waals surface area contributed by atoms with Crippen LogP contribution in [0, 0.1) is 0 Å². The zero-order valence-corrected chi connectivity index (χ0v) is 15.5. The Morgan fingerprint density at radius 2 is 1.86 bits per heavy atom. The fourth-order valence-electron chi connectivity index (χ4n) is 3.18. The number of furan rings is 1. The van der Waals surface area contributed by atoms with Crippen LogP contribution in [0.5, 0.6) is 11.8 Å². The molecule has 0 spiro atoms. The first kappa shape index (κ1) is 17.0. The minimum absolute atomic E-state index is 0.127. The van der Waals surface area contributed by atoms with Crippen LogP contribution in [0.2, 0.25) is 0 Å². The quantitative estimate of drug-likeness (QED) is 0.487. The summed E-state index contributed by atoms with van der Waals surface area (Å²) in [6.07, 6.45) is 4.77. The van der Waals surface area contributed by atoms with Gasteiger partial charge < -0.3 is 14.1 Å². The van der Waals surface area contributed by atoms with Crippen LogP contribution in [-0.2, 0) is 0 Å². The van der Waals surface area contributed by atoms with Crippen LogP contribution >= 0.6 is 0 Å². The molecule has 29 heavy (non-hydrogen) atoms. The van der Waals surface area contributed by atoms with Gasteiger partial charge in [-0.2, -0.15) is 4.98 Å². The van der Waals surface area contributed by atoms with Gasteiger partial charge in [-0.15, -0.1) is 0 Å². The molecule has 1 N–H and O–H groups in total. The average molecular weight is 384 g/mol. The molecular weight excluding hydrogens is 368 g/mol. The van der Waals surface area contributed by atoms with E-state index in [4.69, 9.17) is 9.15 Å². The number of fused-ring (bicyclic) bond motifs is 2. The van der Waals surface area contributed by atoms with Gasteiger partial charge in [0.15, 0.2) is 0 Å². The van der Waals surface area contributed by atoms with Crippen molar-refractivity contribution in [2.75, 3.05) is 11.9 Å². The largest absolute Gasteiger partial charge is 0.464 e. The van der Waals surface area contributed by atoms with Crippen molar-refractivity contribution in [1.82, 2.24) is 15.0 Å². The fraction of sp³-hybridized carbons (Fsp3) is 0.0455. The summed E-state index contributed by atoms with van der Waals surface area (Å²) >= 11 is 0. The number of aromatic nitrogens is 3. The average Bonchev–Trinajstić information content (AvgIpc) is 3.22. The van der Waals surface area contributed by atoms with Crippen molar-refractivity contribution in [3.05, 3.63) is 83.6 Å². The molecule has 0 bridgehead atoms. The monoisotopic (exact) mass is 384 g/mol. The number of nitrogens with zero attached hydrogens (tertiary/aromatic N) is 3. The number of aromatic amines is 1. The van der Waals surface area contributed by atoms with Crippen LogP contribution in [0.4, 0.5) is 11.4 Å². The third-order valence-electron chi connectivity index (χ3n) is 4.75. The van der Waals surface area contributed by atoms with E-state index in [0.29, 0.717) is 16.7 Å². The Balaban J connectivity index is 1.39. The molecule has 0 radical (unpaired) electrons. The van der Waals surface area contributed by atoms with E-state index in [1.165, 1.54) is 6.20 Å². The number of ether oxygens (including phenoxy) is 1. The van der Waals surface area contributed by atoms with Crippen LogP contribution in [0.1, 0.15) is 0 Å². The van der Waals surface area contributed by atoms with Crippen molar-refractivity contribution < 1.29 is 9.15 Å². The first-order valence-corrected chi connectivity index (χ1v) is 9.00. The van der Waals surface area contributed by atoms with E-state index in [0.717, 1.165) is 22.3 Å². The molecule has 0 aliphatic heterocycles. The van der Waals surface area contributed by atoms with Crippen molar-refractivity contribution in [3.8, 4) is 11.8 Å². The lowest BCUT2D eigenvalue weighted by molar-refractivity contribution is 0.443. The third kappa shape index (κ3) is 3.19. The highest BCUT2D eigenvalue weighted by Gasteiger charge is 2.09. The van der Waals surface area contributed by atoms with Gasteiger partial charge in [-0.05, 0) is 54.6 Å². The molecule has 7 nitrogen and oxygen atoms in total. The van der Waals surface area contributed by atoms with E-state index >= 15 is 0 Å². The predicted octanol–water partition coefficient (Wildman–Crippen LogP) is 4.62. The Morgan fingerprint density at radius 3 is 2.72 bits per heavy atom. The number of anilines is 2. The van der Waals surface area contributed by atoms with Gasteiger partial charge in [-0.1, -0.05) is 0 Å².